The maximum atomic E-state index is 11.3. The number of hydrogen-bond donors (Lipinski definition) is 1. The van der Waals surface area contributed by atoms with E-state index in [9.17, 15) is 4.79 Å². The van der Waals surface area contributed by atoms with Crippen LogP contribution in [0.15, 0.2) is 59.3 Å². The standard InChI is InChI=1S/C15H11N3O2/c16-14(19)11-6-7-12(10-4-2-1-3-5-10)13(8-11)15-18-17-9-20-15/h1-9H,(H2,16,19). The van der Waals surface area contributed by atoms with E-state index in [1.54, 1.807) is 12.1 Å². The van der Waals surface area contributed by atoms with E-state index in [1.165, 1.54) is 6.39 Å². The van der Waals surface area contributed by atoms with Crippen LogP contribution in [0.1, 0.15) is 10.4 Å². The molecule has 3 rings (SSSR count). The summed E-state index contributed by atoms with van der Waals surface area (Å²) < 4.78 is 5.24. The molecule has 0 aliphatic rings. The summed E-state index contributed by atoms with van der Waals surface area (Å²) >= 11 is 0. The highest BCUT2D eigenvalue weighted by Gasteiger charge is 2.14. The molecule has 5 heteroatoms. The second kappa shape index (κ2) is 4.97. The van der Waals surface area contributed by atoms with Crippen molar-refractivity contribution in [3.8, 4) is 22.6 Å². The molecule has 1 aromatic heterocycles. The first-order valence-electron chi connectivity index (χ1n) is 6.01. The van der Waals surface area contributed by atoms with Crippen molar-refractivity contribution in [2.24, 2.45) is 5.73 Å². The molecular weight excluding hydrogens is 254 g/mol. The van der Waals surface area contributed by atoms with Gasteiger partial charge in [0.25, 0.3) is 0 Å². The van der Waals surface area contributed by atoms with Crippen molar-refractivity contribution in [1.82, 2.24) is 10.2 Å². The summed E-state index contributed by atoms with van der Waals surface area (Å²) in [5.41, 5.74) is 8.30. The lowest BCUT2D eigenvalue weighted by molar-refractivity contribution is 0.100. The molecule has 0 unspecified atom stereocenters. The number of aromatic nitrogens is 2. The number of nitrogens with zero attached hydrogens (tertiary/aromatic N) is 2. The SMILES string of the molecule is NC(=O)c1ccc(-c2ccccc2)c(-c2nnco2)c1. The van der Waals surface area contributed by atoms with Gasteiger partial charge in [0.2, 0.25) is 18.2 Å². The van der Waals surface area contributed by atoms with Gasteiger partial charge in [0.15, 0.2) is 0 Å². The first-order chi connectivity index (χ1) is 9.75. The lowest BCUT2D eigenvalue weighted by atomic mass is 9.97. The van der Waals surface area contributed by atoms with Crippen molar-refractivity contribution in [2.45, 2.75) is 0 Å². The molecule has 0 fully saturated rings. The van der Waals surface area contributed by atoms with Gasteiger partial charge in [-0.15, -0.1) is 10.2 Å². The summed E-state index contributed by atoms with van der Waals surface area (Å²) in [4.78, 5) is 11.3. The molecule has 0 aliphatic heterocycles. The Morgan fingerprint density at radius 1 is 1.05 bits per heavy atom. The molecule has 1 amide bonds. The number of amides is 1. The average molecular weight is 265 g/mol. The third-order valence-corrected chi connectivity index (χ3v) is 2.98. The Morgan fingerprint density at radius 3 is 2.50 bits per heavy atom. The molecule has 5 nitrogen and oxygen atoms in total. The van der Waals surface area contributed by atoms with Gasteiger partial charge in [-0.3, -0.25) is 4.79 Å². The van der Waals surface area contributed by atoms with E-state index in [2.05, 4.69) is 10.2 Å². The van der Waals surface area contributed by atoms with Gasteiger partial charge in [-0.1, -0.05) is 36.4 Å². The molecule has 20 heavy (non-hydrogen) atoms. The summed E-state index contributed by atoms with van der Waals surface area (Å²) in [6.07, 6.45) is 1.25. The molecule has 0 spiro atoms. The van der Waals surface area contributed by atoms with Gasteiger partial charge in [-0.25, -0.2) is 0 Å². The second-order valence-electron chi connectivity index (χ2n) is 4.23. The molecule has 0 aliphatic carbocycles. The minimum Gasteiger partial charge on any atom is -0.423 e. The number of benzene rings is 2. The van der Waals surface area contributed by atoms with Crippen molar-refractivity contribution in [2.75, 3.05) is 0 Å². The minimum absolute atomic E-state index is 0.354. The zero-order chi connectivity index (χ0) is 13.9. The maximum Gasteiger partial charge on any atom is 0.248 e. The van der Waals surface area contributed by atoms with E-state index in [0.29, 0.717) is 17.0 Å². The van der Waals surface area contributed by atoms with Crippen LogP contribution < -0.4 is 5.73 Å². The Balaban J connectivity index is 2.22. The van der Waals surface area contributed by atoms with Crippen molar-refractivity contribution in [3.63, 3.8) is 0 Å². The Hall–Kier alpha value is -2.95. The number of carbonyl (C=O) groups excluding carboxylic acids is 1. The zero-order valence-corrected chi connectivity index (χ0v) is 10.5. The molecule has 0 radical (unpaired) electrons. The van der Waals surface area contributed by atoms with Crippen molar-refractivity contribution in [3.05, 3.63) is 60.5 Å². The number of nitrogens with two attached hydrogens (primary N) is 1. The molecular formula is C15H11N3O2. The Labute approximate surface area is 115 Å². The monoisotopic (exact) mass is 265 g/mol. The lowest BCUT2D eigenvalue weighted by Crippen LogP contribution is -2.10. The summed E-state index contributed by atoms with van der Waals surface area (Å²) in [7, 11) is 0. The van der Waals surface area contributed by atoms with Crippen LogP contribution in [0.2, 0.25) is 0 Å². The van der Waals surface area contributed by atoms with Crippen LogP contribution >= 0.6 is 0 Å². The van der Waals surface area contributed by atoms with Gasteiger partial charge in [-0.2, -0.15) is 0 Å². The van der Waals surface area contributed by atoms with E-state index in [0.717, 1.165) is 11.1 Å². The van der Waals surface area contributed by atoms with E-state index in [4.69, 9.17) is 10.2 Å². The van der Waals surface area contributed by atoms with Crippen LogP contribution in [0.4, 0.5) is 0 Å². The number of hydrogen-bond acceptors (Lipinski definition) is 4. The van der Waals surface area contributed by atoms with Gasteiger partial charge in [0, 0.05) is 11.1 Å². The molecule has 3 aromatic rings. The number of primary amides is 1. The zero-order valence-electron chi connectivity index (χ0n) is 10.5. The minimum atomic E-state index is -0.495. The van der Waals surface area contributed by atoms with E-state index < -0.39 is 5.91 Å². The predicted molar refractivity (Wildman–Crippen MR) is 73.7 cm³/mol. The average Bonchev–Trinajstić information content (AvgIpc) is 3.01. The molecule has 0 bridgehead atoms. The fourth-order valence-corrected chi connectivity index (χ4v) is 2.03. The first kappa shape index (κ1) is 12.1. The van der Waals surface area contributed by atoms with Crippen LogP contribution in [0.3, 0.4) is 0 Å². The van der Waals surface area contributed by atoms with E-state index >= 15 is 0 Å². The Bertz CT molecular complexity index is 737. The smallest absolute Gasteiger partial charge is 0.248 e. The van der Waals surface area contributed by atoms with E-state index in [-0.39, 0.29) is 0 Å². The van der Waals surface area contributed by atoms with Crippen LogP contribution in [0, 0.1) is 0 Å². The largest absolute Gasteiger partial charge is 0.423 e. The Kier molecular flexibility index (Phi) is 3.01. The van der Waals surface area contributed by atoms with Gasteiger partial charge in [-0.05, 0) is 23.3 Å². The molecule has 98 valence electrons. The van der Waals surface area contributed by atoms with Crippen molar-refractivity contribution in [1.29, 1.82) is 0 Å². The topological polar surface area (TPSA) is 82.0 Å². The van der Waals surface area contributed by atoms with Gasteiger partial charge >= 0.3 is 0 Å². The molecule has 1 heterocycles. The highest BCUT2D eigenvalue weighted by molar-refractivity contribution is 5.96. The molecule has 2 N–H and O–H groups in total. The molecule has 0 saturated carbocycles. The second-order valence-corrected chi connectivity index (χ2v) is 4.23. The van der Waals surface area contributed by atoms with Crippen LogP contribution in [0.5, 0.6) is 0 Å². The first-order valence-corrected chi connectivity index (χ1v) is 6.01. The predicted octanol–water partition coefficient (Wildman–Crippen LogP) is 2.50. The molecule has 2 aromatic carbocycles. The van der Waals surface area contributed by atoms with Crippen LogP contribution in [-0.2, 0) is 0 Å². The van der Waals surface area contributed by atoms with Crippen molar-refractivity contribution >= 4 is 5.91 Å². The van der Waals surface area contributed by atoms with Gasteiger partial charge in [0.1, 0.15) is 0 Å². The third-order valence-electron chi connectivity index (χ3n) is 2.98. The number of carbonyl (C=O) groups is 1. The van der Waals surface area contributed by atoms with Crippen molar-refractivity contribution < 1.29 is 9.21 Å². The summed E-state index contributed by atoms with van der Waals surface area (Å²) in [6, 6.07) is 14.9. The Morgan fingerprint density at radius 2 is 1.85 bits per heavy atom. The van der Waals surface area contributed by atoms with Gasteiger partial charge in [0.05, 0.1) is 0 Å². The summed E-state index contributed by atoms with van der Waals surface area (Å²) in [6.45, 7) is 0. The molecule has 0 saturated heterocycles. The maximum absolute atomic E-state index is 11.3. The normalized spacial score (nSPS) is 10.4. The van der Waals surface area contributed by atoms with Crippen LogP contribution in [0.25, 0.3) is 22.6 Å². The van der Waals surface area contributed by atoms with E-state index in [1.807, 2.05) is 36.4 Å². The third kappa shape index (κ3) is 2.16. The number of rotatable bonds is 3. The lowest BCUT2D eigenvalue weighted by Gasteiger charge is -2.08. The summed E-state index contributed by atoms with van der Waals surface area (Å²) in [5.74, 6) is -0.141. The highest BCUT2D eigenvalue weighted by Crippen LogP contribution is 2.31. The summed E-state index contributed by atoms with van der Waals surface area (Å²) in [5, 5.41) is 7.58. The quantitative estimate of drug-likeness (QED) is 0.788. The fourth-order valence-electron chi connectivity index (χ4n) is 2.03. The fraction of sp³-hybridized carbons (Fsp3) is 0. The van der Waals surface area contributed by atoms with Crippen LogP contribution in [-0.4, -0.2) is 16.1 Å². The molecule has 0 atom stereocenters. The highest BCUT2D eigenvalue weighted by atomic mass is 16.4. The van der Waals surface area contributed by atoms with Gasteiger partial charge < -0.3 is 10.2 Å².